The van der Waals surface area contributed by atoms with Crippen LogP contribution in [-0.2, 0) is 6.18 Å². The van der Waals surface area contributed by atoms with Gasteiger partial charge in [0.1, 0.15) is 11.4 Å². The van der Waals surface area contributed by atoms with Crippen LogP contribution in [0.3, 0.4) is 0 Å². The lowest BCUT2D eigenvalue weighted by atomic mass is 10.1. The largest absolute Gasteiger partial charge is 0.504 e. The van der Waals surface area contributed by atoms with Crippen LogP contribution in [0.5, 0.6) is 17.2 Å². The number of rotatable bonds is 7. The molecule has 0 heterocycles. The van der Waals surface area contributed by atoms with Gasteiger partial charge in [0.2, 0.25) is 0 Å². The molecule has 5 nitrogen and oxygen atoms in total. The van der Waals surface area contributed by atoms with Crippen LogP contribution < -0.4 is 9.47 Å². The Bertz CT molecular complexity index is 1200. The van der Waals surface area contributed by atoms with Crippen LogP contribution in [0.15, 0.2) is 71.7 Å². The van der Waals surface area contributed by atoms with Gasteiger partial charge in [0, 0.05) is 17.3 Å². The summed E-state index contributed by atoms with van der Waals surface area (Å²) >= 11 is 0. The van der Waals surface area contributed by atoms with E-state index in [1.807, 2.05) is 0 Å². The Balaban J connectivity index is 1.83. The third kappa shape index (κ3) is 5.79. The molecule has 0 aliphatic heterocycles. The SMILES string of the molecule is COc1ccc(C(=O)/C=C/c2ccc(C(F)(F)F)cc2)cc1N=Cc1cccc(OC)c1O. The van der Waals surface area contributed by atoms with Crippen LogP contribution in [0.4, 0.5) is 18.9 Å². The minimum Gasteiger partial charge on any atom is -0.504 e. The van der Waals surface area contributed by atoms with Crippen LogP contribution in [0.2, 0.25) is 0 Å². The van der Waals surface area contributed by atoms with Gasteiger partial charge in [-0.3, -0.25) is 9.79 Å². The molecule has 8 heteroatoms. The molecular weight excluding hydrogens is 435 g/mol. The summed E-state index contributed by atoms with van der Waals surface area (Å²) in [6.07, 6.45) is -0.294. The van der Waals surface area contributed by atoms with Gasteiger partial charge in [-0.15, -0.1) is 0 Å². The van der Waals surface area contributed by atoms with Gasteiger partial charge >= 0.3 is 6.18 Å². The number of phenolic OH excluding ortho intramolecular Hbond substituents is 1. The number of allylic oxidation sites excluding steroid dienone is 1. The highest BCUT2D eigenvalue weighted by molar-refractivity contribution is 6.07. The van der Waals surface area contributed by atoms with E-state index < -0.39 is 11.7 Å². The average Bonchev–Trinajstić information content (AvgIpc) is 2.81. The van der Waals surface area contributed by atoms with E-state index in [1.54, 1.807) is 30.3 Å². The predicted molar refractivity (Wildman–Crippen MR) is 120 cm³/mol. The maximum atomic E-state index is 12.7. The molecule has 0 spiro atoms. The van der Waals surface area contributed by atoms with E-state index in [9.17, 15) is 23.1 Å². The molecule has 0 atom stereocenters. The van der Waals surface area contributed by atoms with Crippen molar-refractivity contribution in [1.82, 2.24) is 0 Å². The molecule has 0 bridgehead atoms. The second kappa shape index (κ2) is 10.0. The standard InChI is InChI=1S/C25H20F3NO4/c1-32-22-13-9-17(14-20(22)29-15-18-4-3-5-23(33-2)24(18)31)21(30)12-8-16-6-10-19(11-7-16)25(26,27)28/h3-15,31H,1-2H3/b12-8+,29-15?. The lowest BCUT2D eigenvalue weighted by Gasteiger charge is -2.07. The first-order chi connectivity index (χ1) is 15.7. The van der Waals surface area contributed by atoms with Crippen LogP contribution in [0.1, 0.15) is 27.0 Å². The topological polar surface area (TPSA) is 68.1 Å². The Morgan fingerprint density at radius 3 is 2.30 bits per heavy atom. The van der Waals surface area contributed by atoms with E-state index in [1.165, 1.54) is 50.8 Å². The molecular formula is C25H20F3NO4. The Labute approximate surface area is 188 Å². The number of aliphatic imine (C=N–C) groups is 1. The number of aromatic hydroxyl groups is 1. The molecule has 1 N–H and O–H groups in total. The number of halogens is 3. The van der Waals surface area contributed by atoms with Gasteiger partial charge in [0.05, 0.1) is 19.8 Å². The Hall–Kier alpha value is -4.07. The van der Waals surface area contributed by atoms with Gasteiger partial charge in [-0.2, -0.15) is 13.2 Å². The fourth-order valence-corrected chi connectivity index (χ4v) is 2.94. The maximum Gasteiger partial charge on any atom is 0.416 e. The highest BCUT2D eigenvalue weighted by Gasteiger charge is 2.29. The van der Waals surface area contributed by atoms with Crippen molar-refractivity contribution in [2.75, 3.05) is 14.2 Å². The van der Waals surface area contributed by atoms with E-state index in [0.717, 1.165) is 12.1 Å². The number of hydrogen-bond donors (Lipinski definition) is 1. The number of nitrogens with zero attached hydrogens (tertiary/aromatic N) is 1. The summed E-state index contributed by atoms with van der Waals surface area (Å²) in [4.78, 5) is 16.9. The monoisotopic (exact) mass is 455 g/mol. The van der Waals surface area contributed by atoms with Crippen molar-refractivity contribution >= 4 is 23.8 Å². The van der Waals surface area contributed by atoms with E-state index in [2.05, 4.69) is 4.99 Å². The lowest BCUT2D eigenvalue weighted by molar-refractivity contribution is -0.137. The Morgan fingerprint density at radius 1 is 0.970 bits per heavy atom. The van der Waals surface area contributed by atoms with Crippen molar-refractivity contribution in [2.45, 2.75) is 6.18 Å². The summed E-state index contributed by atoms with van der Waals surface area (Å²) in [6, 6.07) is 14.1. The third-order valence-electron chi connectivity index (χ3n) is 4.72. The summed E-state index contributed by atoms with van der Waals surface area (Å²) in [5.41, 5.74) is 0.770. The van der Waals surface area contributed by atoms with Gasteiger partial charge in [0.15, 0.2) is 17.3 Å². The fraction of sp³-hybridized carbons (Fsp3) is 0.120. The molecule has 170 valence electrons. The quantitative estimate of drug-likeness (QED) is 0.267. The Kier molecular flexibility index (Phi) is 7.17. The summed E-state index contributed by atoms with van der Waals surface area (Å²) in [5, 5.41) is 10.2. The number of hydrogen-bond acceptors (Lipinski definition) is 5. The van der Waals surface area contributed by atoms with E-state index in [4.69, 9.17) is 9.47 Å². The van der Waals surface area contributed by atoms with E-state index >= 15 is 0 Å². The first-order valence-electron chi connectivity index (χ1n) is 9.70. The molecule has 0 aliphatic rings. The van der Waals surface area contributed by atoms with Crippen LogP contribution in [0.25, 0.3) is 6.08 Å². The number of alkyl halides is 3. The molecule has 3 aromatic rings. The summed E-state index contributed by atoms with van der Waals surface area (Å²) < 4.78 is 48.4. The molecule has 0 radical (unpaired) electrons. The smallest absolute Gasteiger partial charge is 0.416 e. The van der Waals surface area contributed by atoms with Crippen molar-refractivity contribution in [3.63, 3.8) is 0 Å². The van der Waals surface area contributed by atoms with Crippen molar-refractivity contribution in [3.8, 4) is 17.2 Å². The number of ether oxygens (including phenoxy) is 2. The second-order valence-electron chi connectivity index (χ2n) is 6.86. The number of methoxy groups -OCH3 is 2. The number of carbonyl (C=O) groups is 1. The summed E-state index contributed by atoms with van der Waals surface area (Å²) in [6.45, 7) is 0. The number of benzene rings is 3. The minimum atomic E-state index is -4.42. The molecule has 3 rings (SSSR count). The second-order valence-corrected chi connectivity index (χ2v) is 6.86. The first kappa shape index (κ1) is 23.6. The average molecular weight is 455 g/mol. The molecule has 0 amide bonds. The maximum absolute atomic E-state index is 12.7. The molecule has 0 aliphatic carbocycles. The lowest BCUT2D eigenvalue weighted by Crippen LogP contribution is -2.04. The van der Waals surface area contributed by atoms with Crippen LogP contribution >= 0.6 is 0 Å². The zero-order valence-electron chi connectivity index (χ0n) is 17.8. The normalized spacial score (nSPS) is 11.8. The Morgan fingerprint density at radius 2 is 1.67 bits per heavy atom. The minimum absolute atomic E-state index is 0.0746. The number of carbonyl (C=O) groups excluding carboxylic acids is 1. The predicted octanol–water partition coefficient (Wildman–Crippen LogP) is 6.07. The molecule has 0 aromatic heterocycles. The van der Waals surface area contributed by atoms with Crippen molar-refractivity contribution in [2.24, 2.45) is 4.99 Å². The van der Waals surface area contributed by atoms with Gasteiger partial charge in [-0.25, -0.2) is 0 Å². The summed E-state index contributed by atoms with van der Waals surface area (Å²) in [5.74, 6) is 0.271. The third-order valence-corrected chi connectivity index (χ3v) is 4.72. The van der Waals surface area contributed by atoms with Crippen molar-refractivity contribution in [1.29, 1.82) is 0 Å². The van der Waals surface area contributed by atoms with Crippen LogP contribution in [0, 0.1) is 0 Å². The van der Waals surface area contributed by atoms with Gasteiger partial charge in [0.25, 0.3) is 0 Å². The fourth-order valence-electron chi connectivity index (χ4n) is 2.94. The highest BCUT2D eigenvalue weighted by Crippen LogP contribution is 2.32. The van der Waals surface area contributed by atoms with Gasteiger partial charge < -0.3 is 14.6 Å². The van der Waals surface area contributed by atoms with Crippen molar-refractivity contribution < 1.29 is 32.5 Å². The van der Waals surface area contributed by atoms with Gasteiger partial charge in [-0.05, 0) is 54.1 Å². The zero-order chi connectivity index (χ0) is 24.0. The van der Waals surface area contributed by atoms with Gasteiger partial charge in [-0.1, -0.05) is 24.3 Å². The molecule has 3 aromatic carbocycles. The zero-order valence-corrected chi connectivity index (χ0v) is 17.8. The molecule has 0 fully saturated rings. The number of ketones is 1. The number of phenols is 1. The number of para-hydroxylation sites is 1. The van der Waals surface area contributed by atoms with E-state index in [0.29, 0.717) is 33.9 Å². The molecule has 0 saturated carbocycles. The first-order valence-corrected chi connectivity index (χ1v) is 9.70. The van der Waals surface area contributed by atoms with Crippen LogP contribution in [-0.4, -0.2) is 31.3 Å². The molecule has 0 saturated heterocycles. The highest BCUT2D eigenvalue weighted by atomic mass is 19.4. The molecule has 0 unspecified atom stereocenters. The van der Waals surface area contributed by atoms with Crippen molar-refractivity contribution in [3.05, 3.63) is 89.0 Å². The molecule has 33 heavy (non-hydrogen) atoms. The summed E-state index contributed by atoms with van der Waals surface area (Å²) in [7, 11) is 2.90. The van der Waals surface area contributed by atoms with E-state index in [-0.39, 0.29) is 11.5 Å².